The lowest BCUT2D eigenvalue weighted by molar-refractivity contribution is 0.512. The van der Waals surface area contributed by atoms with Crippen molar-refractivity contribution >= 4 is 52.3 Å². The van der Waals surface area contributed by atoms with Gasteiger partial charge in [0.25, 0.3) is 20.0 Å². The van der Waals surface area contributed by atoms with Crippen LogP contribution < -0.4 is 0 Å². The molecular formula is C14H14Br2N2O4S2. The summed E-state index contributed by atoms with van der Waals surface area (Å²) in [7, 11) is -7.47. The predicted molar refractivity (Wildman–Crippen MR) is 98.5 cm³/mol. The van der Waals surface area contributed by atoms with Crippen LogP contribution in [-0.2, 0) is 20.0 Å². The molecule has 0 aliphatic rings. The Morgan fingerprint density at radius 2 is 0.917 bits per heavy atom. The van der Waals surface area contributed by atoms with Crippen LogP contribution in [0.1, 0.15) is 0 Å². The van der Waals surface area contributed by atoms with Crippen molar-refractivity contribution in [2.24, 2.45) is 0 Å². The molecule has 0 saturated heterocycles. The van der Waals surface area contributed by atoms with Crippen LogP contribution >= 0.6 is 32.3 Å². The second-order valence-electron chi connectivity index (χ2n) is 4.66. The fraction of sp³-hybridized carbons (Fsp3) is 0.143. The molecule has 0 spiro atoms. The molecule has 0 heterocycles. The maximum Gasteiger partial charge on any atom is 0.252 e. The van der Waals surface area contributed by atoms with E-state index in [-0.39, 0.29) is 22.9 Å². The molecule has 10 heteroatoms. The van der Waals surface area contributed by atoms with Crippen molar-refractivity contribution in [3.8, 4) is 0 Å². The third-order valence-corrected chi connectivity index (χ3v) is 9.20. The third-order valence-electron chi connectivity index (χ3n) is 3.06. The molecule has 0 bridgehead atoms. The topological polar surface area (TPSA) is 74.8 Å². The molecule has 0 atom stereocenters. The summed E-state index contributed by atoms with van der Waals surface area (Å²) in [5, 5.41) is 0. The number of nitrogens with zero attached hydrogens (tertiary/aromatic N) is 2. The number of halogens is 2. The molecule has 0 N–H and O–H groups in total. The van der Waals surface area contributed by atoms with E-state index >= 15 is 0 Å². The average molecular weight is 498 g/mol. The standard InChI is InChI=1S/C14H14Br2N2O4S2/c15-17(23(19,20)13-7-3-1-4-8-13)11-12-18(16)24(21,22)14-9-5-2-6-10-14/h1-10H,11-12H2. The molecule has 0 aromatic heterocycles. The molecule has 0 amide bonds. The molecule has 0 aliphatic carbocycles. The number of sulfonamides is 2. The molecule has 6 nitrogen and oxygen atoms in total. The lowest BCUT2D eigenvalue weighted by Gasteiger charge is -2.19. The van der Waals surface area contributed by atoms with Gasteiger partial charge in [-0.2, -0.15) is 0 Å². The van der Waals surface area contributed by atoms with Crippen LogP contribution in [0.15, 0.2) is 70.5 Å². The van der Waals surface area contributed by atoms with Gasteiger partial charge in [0.2, 0.25) is 0 Å². The minimum atomic E-state index is -3.74. The summed E-state index contributed by atoms with van der Waals surface area (Å²) in [6, 6.07) is 15.8. The van der Waals surface area contributed by atoms with Crippen LogP contribution in [-0.4, -0.2) is 36.6 Å². The predicted octanol–water partition coefficient (Wildman–Crippen LogP) is 2.99. The Bertz CT molecular complexity index is 800. The van der Waals surface area contributed by atoms with Crippen molar-refractivity contribution in [3.63, 3.8) is 0 Å². The molecule has 0 aliphatic heterocycles. The first-order valence-electron chi connectivity index (χ1n) is 6.73. The van der Waals surface area contributed by atoms with Crippen LogP contribution in [0.2, 0.25) is 0 Å². The molecule has 2 aromatic carbocycles. The maximum absolute atomic E-state index is 12.4. The smallest absolute Gasteiger partial charge is 0.206 e. The fourth-order valence-electron chi connectivity index (χ4n) is 1.81. The van der Waals surface area contributed by atoms with E-state index in [1.165, 1.54) is 24.3 Å². The van der Waals surface area contributed by atoms with E-state index in [2.05, 4.69) is 32.3 Å². The first-order valence-corrected chi connectivity index (χ1v) is 11.0. The molecule has 0 fully saturated rings. The highest BCUT2D eigenvalue weighted by atomic mass is 79.9. The second kappa shape index (κ2) is 8.07. The lowest BCUT2D eigenvalue weighted by Crippen LogP contribution is -2.32. The van der Waals surface area contributed by atoms with E-state index in [1.807, 2.05) is 0 Å². The van der Waals surface area contributed by atoms with Gasteiger partial charge in [-0.1, -0.05) is 36.4 Å². The van der Waals surface area contributed by atoms with Crippen molar-refractivity contribution in [1.82, 2.24) is 6.66 Å². The molecule has 2 rings (SSSR count). The Labute approximate surface area is 158 Å². The van der Waals surface area contributed by atoms with E-state index in [9.17, 15) is 16.8 Å². The van der Waals surface area contributed by atoms with Gasteiger partial charge in [-0.05, 0) is 24.3 Å². The van der Waals surface area contributed by atoms with E-state index < -0.39 is 20.0 Å². The van der Waals surface area contributed by atoms with Crippen molar-refractivity contribution in [2.75, 3.05) is 13.1 Å². The maximum atomic E-state index is 12.4. The summed E-state index contributed by atoms with van der Waals surface area (Å²) in [4.78, 5) is 0.239. The van der Waals surface area contributed by atoms with Gasteiger partial charge in [0.1, 0.15) is 0 Å². The van der Waals surface area contributed by atoms with Crippen molar-refractivity contribution in [1.29, 1.82) is 0 Å². The Morgan fingerprint density at radius 3 is 1.21 bits per heavy atom. The SMILES string of the molecule is O=S(=O)(c1ccccc1)N(Br)CCN(Br)S(=O)(=O)c1ccccc1. The van der Waals surface area contributed by atoms with Gasteiger partial charge in [-0.15, -0.1) is 6.66 Å². The highest BCUT2D eigenvalue weighted by Crippen LogP contribution is 2.21. The first kappa shape index (κ1) is 19.5. The molecule has 0 radical (unpaired) electrons. The second-order valence-corrected chi connectivity index (χ2v) is 11.0. The molecule has 24 heavy (non-hydrogen) atoms. The quantitative estimate of drug-likeness (QED) is 0.551. The van der Waals surface area contributed by atoms with Crippen molar-refractivity contribution in [2.45, 2.75) is 9.79 Å². The Balaban J connectivity index is 2.08. The van der Waals surface area contributed by atoms with Crippen LogP contribution in [0.5, 0.6) is 0 Å². The fourth-order valence-corrected chi connectivity index (χ4v) is 5.24. The summed E-state index contributed by atoms with van der Waals surface area (Å²) in [6.45, 7) is -0.150. The van der Waals surface area contributed by atoms with Gasteiger partial charge in [0, 0.05) is 45.4 Å². The summed E-state index contributed by atoms with van der Waals surface area (Å²) >= 11 is 5.98. The van der Waals surface area contributed by atoms with E-state index in [1.54, 1.807) is 36.4 Å². The Morgan fingerprint density at radius 1 is 0.625 bits per heavy atom. The zero-order valence-electron chi connectivity index (χ0n) is 12.3. The highest BCUT2D eigenvalue weighted by Gasteiger charge is 2.26. The number of hydrogen-bond acceptors (Lipinski definition) is 4. The van der Waals surface area contributed by atoms with Gasteiger partial charge < -0.3 is 0 Å². The number of hydrogen-bond donors (Lipinski definition) is 0. The monoisotopic (exact) mass is 496 g/mol. The largest absolute Gasteiger partial charge is 0.252 e. The minimum Gasteiger partial charge on any atom is -0.206 e. The zero-order valence-corrected chi connectivity index (χ0v) is 17.1. The van der Waals surface area contributed by atoms with Crippen LogP contribution in [0, 0.1) is 0 Å². The average Bonchev–Trinajstić information content (AvgIpc) is 2.60. The van der Waals surface area contributed by atoms with Gasteiger partial charge in [0.05, 0.1) is 9.79 Å². The number of benzene rings is 2. The molecule has 130 valence electrons. The van der Waals surface area contributed by atoms with Gasteiger partial charge in [-0.3, -0.25) is 0 Å². The van der Waals surface area contributed by atoms with Gasteiger partial charge in [-0.25, -0.2) is 16.8 Å². The summed E-state index contributed by atoms with van der Waals surface area (Å²) in [5.74, 6) is 0. The van der Waals surface area contributed by atoms with Crippen molar-refractivity contribution in [3.05, 3.63) is 60.7 Å². The van der Waals surface area contributed by atoms with Crippen molar-refractivity contribution < 1.29 is 16.8 Å². The van der Waals surface area contributed by atoms with Crippen LogP contribution in [0.4, 0.5) is 0 Å². The van der Waals surface area contributed by atoms with E-state index in [0.717, 1.165) is 6.66 Å². The van der Waals surface area contributed by atoms with Crippen LogP contribution in [0.25, 0.3) is 0 Å². The molecule has 0 unspecified atom stereocenters. The molecule has 2 aromatic rings. The van der Waals surface area contributed by atoms with Gasteiger partial charge >= 0.3 is 0 Å². The van der Waals surface area contributed by atoms with E-state index in [0.29, 0.717) is 0 Å². The zero-order chi connectivity index (χ0) is 17.8. The normalized spacial score (nSPS) is 12.7. The third kappa shape index (κ3) is 4.44. The van der Waals surface area contributed by atoms with Gasteiger partial charge in [0.15, 0.2) is 0 Å². The Hall–Kier alpha value is -0.780. The Kier molecular flexibility index (Phi) is 6.57. The first-order chi connectivity index (χ1) is 11.3. The summed E-state index contributed by atoms with van der Waals surface area (Å²) < 4.78 is 51.3. The highest BCUT2D eigenvalue weighted by molar-refractivity contribution is 9.09. The molecular weight excluding hydrogens is 484 g/mol. The summed E-state index contributed by atoms with van der Waals surface area (Å²) in [5.41, 5.74) is 0. The summed E-state index contributed by atoms with van der Waals surface area (Å²) in [6.07, 6.45) is 0. The number of rotatable bonds is 7. The lowest BCUT2D eigenvalue weighted by atomic mass is 10.4. The minimum absolute atomic E-state index is 0.0749. The van der Waals surface area contributed by atoms with E-state index in [4.69, 9.17) is 0 Å². The van der Waals surface area contributed by atoms with Crippen LogP contribution in [0.3, 0.4) is 0 Å². The molecule has 0 saturated carbocycles.